The predicted molar refractivity (Wildman–Crippen MR) is 84.3 cm³/mol. The van der Waals surface area contributed by atoms with Crippen LogP contribution in [-0.4, -0.2) is 17.6 Å². The number of fused-ring (bicyclic) bond motifs is 2. The van der Waals surface area contributed by atoms with Crippen molar-refractivity contribution in [3.63, 3.8) is 0 Å². The summed E-state index contributed by atoms with van der Waals surface area (Å²) in [5.74, 6) is 0.435. The standard InChI is InChI=1S/C18H15FN2O/c19-13-7-12-8-14(10-20)22-18(12)15(9-13)17-6-5-11-3-1-2-4-16(11)21-17/h1-7,9,14H,8,10,20H2. The Morgan fingerprint density at radius 1 is 1.18 bits per heavy atom. The summed E-state index contributed by atoms with van der Waals surface area (Å²) in [5.41, 5.74) is 8.83. The largest absolute Gasteiger partial charge is 0.488 e. The van der Waals surface area contributed by atoms with Gasteiger partial charge in [0.05, 0.1) is 11.2 Å². The highest BCUT2D eigenvalue weighted by molar-refractivity contribution is 5.82. The van der Waals surface area contributed by atoms with E-state index in [9.17, 15) is 4.39 Å². The first kappa shape index (κ1) is 13.2. The highest BCUT2D eigenvalue weighted by Gasteiger charge is 2.26. The predicted octanol–water partition coefficient (Wildman–Crippen LogP) is 3.30. The van der Waals surface area contributed by atoms with Gasteiger partial charge in [-0.3, -0.25) is 0 Å². The third-order valence-electron chi connectivity index (χ3n) is 4.00. The third kappa shape index (κ3) is 2.12. The van der Waals surface area contributed by atoms with Crippen molar-refractivity contribution < 1.29 is 9.13 Å². The first-order valence-corrected chi connectivity index (χ1v) is 7.30. The summed E-state index contributed by atoms with van der Waals surface area (Å²) in [5, 5.41) is 1.06. The number of para-hydroxylation sites is 1. The Morgan fingerprint density at radius 3 is 2.91 bits per heavy atom. The van der Waals surface area contributed by atoms with Crippen molar-refractivity contribution in [3.8, 4) is 17.0 Å². The zero-order valence-corrected chi connectivity index (χ0v) is 11.9. The maximum Gasteiger partial charge on any atom is 0.132 e. The Balaban J connectivity index is 1.88. The number of benzene rings is 2. The molecule has 1 aliphatic heterocycles. The summed E-state index contributed by atoms with van der Waals surface area (Å²) in [7, 11) is 0. The summed E-state index contributed by atoms with van der Waals surface area (Å²) in [4.78, 5) is 4.64. The van der Waals surface area contributed by atoms with Gasteiger partial charge in [0.2, 0.25) is 0 Å². The molecule has 0 spiro atoms. The molecule has 3 aromatic rings. The number of aromatic nitrogens is 1. The second kappa shape index (κ2) is 5.07. The first-order valence-electron chi connectivity index (χ1n) is 7.30. The lowest BCUT2D eigenvalue weighted by atomic mass is 10.0. The summed E-state index contributed by atoms with van der Waals surface area (Å²) >= 11 is 0. The Bertz CT molecular complexity index is 863. The SMILES string of the molecule is NCC1Cc2cc(F)cc(-c3ccc4ccccc4n3)c2O1. The molecular formula is C18H15FN2O. The van der Waals surface area contributed by atoms with Crippen LogP contribution in [0.15, 0.2) is 48.5 Å². The summed E-state index contributed by atoms with van der Waals surface area (Å²) in [6.07, 6.45) is 0.556. The average molecular weight is 294 g/mol. The van der Waals surface area contributed by atoms with E-state index in [1.54, 1.807) is 0 Å². The molecule has 4 heteroatoms. The lowest BCUT2D eigenvalue weighted by Crippen LogP contribution is -2.24. The van der Waals surface area contributed by atoms with Crippen LogP contribution < -0.4 is 10.5 Å². The van der Waals surface area contributed by atoms with Gasteiger partial charge in [0.15, 0.2) is 0 Å². The van der Waals surface area contributed by atoms with E-state index in [4.69, 9.17) is 10.5 Å². The van der Waals surface area contributed by atoms with Gasteiger partial charge in [-0.25, -0.2) is 9.37 Å². The molecule has 1 aromatic heterocycles. The van der Waals surface area contributed by atoms with Crippen molar-refractivity contribution in [2.45, 2.75) is 12.5 Å². The van der Waals surface area contributed by atoms with Crippen LogP contribution in [0.4, 0.5) is 4.39 Å². The third-order valence-corrected chi connectivity index (χ3v) is 4.00. The Labute approximate surface area is 127 Å². The van der Waals surface area contributed by atoms with Crippen LogP contribution in [0.25, 0.3) is 22.2 Å². The lowest BCUT2D eigenvalue weighted by molar-refractivity contribution is 0.242. The number of rotatable bonds is 2. The maximum absolute atomic E-state index is 13.9. The summed E-state index contributed by atoms with van der Waals surface area (Å²) in [6.45, 7) is 0.418. The molecule has 110 valence electrons. The molecule has 22 heavy (non-hydrogen) atoms. The summed E-state index contributed by atoms with van der Waals surface area (Å²) < 4.78 is 19.8. The van der Waals surface area contributed by atoms with E-state index in [1.165, 1.54) is 12.1 Å². The molecule has 2 aromatic carbocycles. The number of hydrogen-bond acceptors (Lipinski definition) is 3. The van der Waals surface area contributed by atoms with E-state index in [-0.39, 0.29) is 11.9 Å². The van der Waals surface area contributed by atoms with E-state index < -0.39 is 0 Å². The van der Waals surface area contributed by atoms with Gasteiger partial charge < -0.3 is 10.5 Å². The van der Waals surface area contributed by atoms with E-state index in [0.29, 0.717) is 30.0 Å². The van der Waals surface area contributed by atoms with E-state index in [0.717, 1.165) is 16.5 Å². The van der Waals surface area contributed by atoms with Crippen LogP contribution in [0.1, 0.15) is 5.56 Å². The van der Waals surface area contributed by atoms with Crippen LogP contribution in [0.2, 0.25) is 0 Å². The van der Waals surface area contributed by atoms with Gasteiger partial charge in [-0.1, -0.05) is 24.3 Å². The van der Waals surface area contributed by atoms with Crippen LogP contribution in [0, 0.1) is 5.82 Å². The number of hydrogen-bond donors (Lipinski definition) is 1. The van der Waals surface area contributed by atoms with Crippen LogP contribution in [0.3, 0.4) is 0 Å². The fourth-order valence-electron chi connectivity index (χ4n) is 2.93. The Kier molecular flexibility index (Phi) is 3.05. The highest BCUT2D eigenvalue weighted by atomic mass is 19.1. The fraction of sp³-hybridized carbons (Fsp3) is 0.167. The molecular weight excluding hydrogens is 279 g/mol. The van der Waals surface area contributed by atoms with Gasteiger partial charge in [0.25, 0.3) is 0 Å². The number of nitrogens with two attached hydrogens (primary N) is 1. The quantitative estimate of drug-likeness (QED) is 0.789. The average Bonchev–Trinajstić information content (AvgIpc) is 2.96. The zero-order chi connectivity index (χ0) is 15.1. The minimum atomic E-state index is -0.273. The van der Waals surface area contributed by atoms with E-state index >= 15 is 0 Å². The molecule has 1 aliphatic rings. The molecule has 2 N–H and O–H groups in total. The molecule has 0 radical (unpaired) electrons. The maximum atomic E-state index is 13.9. The topological polar surface area (TPSA) is 48.1 Å². The molecule has 1 unspecified atom stereocenters. The second-order valence-corrected chi connectivity index (χ2v) is 5.51. The monoisotopic (exact) mass is 294 g/mol. The lowest BCUT2D eigenvalue weighted by Gasteiger charge is -2.11. The van der Waals surface area contributed by atoms with E-state index in [1.807, 2.05) is 36.4 Å². The molecule has 0 saturated heterocycles. The zero-order valence-electron chi connectivity index (χ0n) is 11.9. The number of nitrogens with zero attached hydrogens (tertiary/aromatic N) is 1. The van der Waals surface area contributed by atoms with Gasteiger partial charge in [-0.15, -0.1) is 0 Å². The van der Waals surface area contributed by atoms with Crippen molar-refractivity contribution in [2.24, 2.45) is 5.73 Å². The van der Waals surface area contributed by atoms with Crippen molar-refractivity contribution in [3.05, 3.63) is 59.9 Å². The first-order chi connectivity index (χ1) is 10.7. The molecule has 0 amide bonds. The van der Waals surface area contributed by atoms with Crippen molar-refractivity contribution in [1.82, 2.24) is 4.98 Å². The minimum absolute atomic E-state index is 0.0870. The van der Waals surface area contributed by atoms with Crippen molar-refractivity contribution in [2.75, 3.05) is 6.54 Å². The second-order valence-electron chi connectivity index (χ2n) is 5.51. The molecule has 2 heterocycles. The van der Waals surface area contributed by atoms with Crippen molar-refractivity contribution in [1.29, 1.82) is 0 Å². The van der Waals surface area contributed by atoms with Crippen molar-refractivity contribution >= 4 is 10.9 Å². The highest BCUT2D eigenvalue weighted by Crippen LogP contribution is 2.39. The minimum Gasteiger partial charge on any atom is -0.488 e. The molecule has 3 nitrogen and oxygen atoms in total. The van der Waals surface area contributed by atoms with Crippen LogP contribution in [-0.2, 0) is 6.42 Å². The number of ether oxygens (including phenoxy) is 1. The smallest absolute Gasteiger partial charge is 0.132 e. The number of pyridine rings is 1. The molecule has 0 saturated carbocycles. The molecule has 0 bridgehead atoms. The normalized spacial score (nSPS) is 16.5. The van der Waals surface area contributed by atoms with E-state index in [2.05, 4.69) is 4.98 Å². The Morgan fingerprint density at radius 2 is 2.05 bits per heavy atom. The van der Waals surface area contributed by atoms with Crippen LogP contribution >= 0.6 is 0 Å². The van der Waals surface area contributed by atoms with Gasteiger partial charge in [-0.05, 0) is 24.3 Å². The summed E-state index contributed by atoms with van der Waals surface area (Å²) in [6, 6.07) is 14.8. The molecule has 0 fully saturated rings. The fourth-order valence-corrected chi connectivity index (χ4v) is 2.93. The van der Waals surface area contributed by atoms with Gasteiger partial charge in [0, 0.05) is 29.5 Å². The molecule has 1 atom stereocenters. The van der Waals surface area contributed by atoms with Gasteiger partial charge in [-0.2, -0.15) is 0 Å². The van der Waals surface area contributed by atoms with Gasteiger partial charge >= 0.3 is 0 Å². The van der Waals surface area contributed by atoms with Gasteiger partial charge in [0.1, 0.15) is 17.7 Å². The number of halogens is 1. The Hall–Kier alpha value is -2.46. The molecule has 4 rings (SSSR count). The van der Waals surface area contributed by atoms with Crippen LogP contribution in [0.5, 0.6) is 5.75 Å². The molecule has 0 aliphatic carbocycles.